The summed E-state index contributed by atoms with van der Waals surface area (Å²) in [5.41, 5.74) is -1.20. The summed E-state index contributed by atoms with van der Waals surface area (Å²) < 4.78 is 58.0. The van der Waals surface area contributed by atoms with Gasteiger partial charge in [-0.25, -0.2) is 14.4 Å². The molecule has 7 heteroatoms. The molecule has 0 aliphatic heterocycles. The first kappa shape index (κ1) is 17.1. The lowest BCUT2D eigenvalue weighted by molar-refractivity contribution is -0.135. The Balaban J connectivity index is 1.96. The zero-order chi connectivity index (χ0) is 19.5. The van der Waals surface area contributed by atoms with Gasteiger partial charge in [-0.3, -0.25) is 0 Å². The molecular weight excluding hydrogens is 388 g/mol. The molecule has 0 saturated carbocycles. The number of thiophene rings is 1. The lowest BCUT2D eigenvalue weighted by atomic mass is 9.97. The topological polar surface area (TPSA) is 25.8 Å². The second kappa shape index (κ2) is 5.97. The van der Waals surface area contributed by atoms with E-state index in [2.05, 4.69) is 9.97 Å². The molecule has 0 fully saturated rings. The Morgan fingerprint density at radius 3 is 2.32 bits per heavy atom. The van der Waals surface area contributed by atoms with E-state index in [9.17, 15) is 13.2 Å². The summed E-state index contributed by atoms with van der Waals surface area (Å²) in [7, 11) is 0. The molecule has 0 N–H and O–H groups in total. The molecule has 0 aliphatic carbocycles. The van der Waals surface area contributed by atoms with Gasteiger partial charge in [0.05, 0.1) is 27.0 Å². The van der Waals surface area contributed by atoms with E-state index in [1.807, 2.05) is 30.3 Å². The average molecular weight is 398 g/mol. The highest BCUT2D eigenvalue weighted by Crippen LogP contribution is 2.44. The molecule has 28 heavy (non-hydrogen) atoms. The number of alkyl halides is 3. The molecule has 0 amide bonds. The lowest BCUT2D eigenvalue weighted by Gasteiger charge is -2.15. The van der Waals surface area contributed by atoms with Gasteiger partial charge in [0.1, 0.15) is 12.1 Å². The highest BCUT2D eigenvalue weighted by Gasteiger charge is 2.37. The third-order valence-electron chi connectivity index (χ3n) is 4.68. The average Bonchev–Trinajstić information content (AvgIpc) is 3.11. The fraction of sp³-hybridized carbons (Fsp3) is 0.0476. The molecular formula is C21H10F4N2S. The van der Waals surface area contributed by atoms with Crippen LogP contribution in [0.25, 0.3) is 42.3 Å². The van der Waals surface area contributed by atoms with Crippen LogP contribution in [0.4, 0.5) is 17.6 Å². The second-order valence-electron chi connectivity index (χ2n) is 6.33. The smallest absolute Gasteiger partial charge is 0.236 e. The van der Waals surface area contributed by atoms with E-state index in [1.54, 1.807) is 0 Å². The third-order valence-corrected chi connectivity index (χ3v) is 5.80. The maximum absolute atomic E-state index is 15.4. The van der Waals surface area contributed by atoms with Crippen molar-refractivity contribution in [1.29, 1.82) is 0 Å². The van der Waals surface area contributed by atoms with Crippen LogP contribution in [0, 0.1) is 5.82 Å². The molecule has 0 aliphatic rings. The van der Waals surface area contributed by atoms with Crippen LogP contribution in [0.3, 0.4) is 0 Å². The van der Waals surface area contributed by atoms with Gasteiger partial charge in [0, 0.05) is 10.1 Å². The first-order chi connectivity index (χ1) is 13.4. The quantitative estimate of drug-likeness (QED) is 0.229. The summed E-state index contributed by atoms with van der Waals surface area (Å²) in [5.74, 6) is -0.744. The number of aromatic nitrogens is 2. The Morgan fingerprint density at radius 1 is 0.857 bits per heavy atom. The largest absolute Gasteiger partial charge is 0.419 e. The van der Waals surface area contributed by atoms with E-state index in [1.165, 1.54) is 35.6 Å². The SMILES string of the molecule is Fc1c2ccccc2c(C(F)(F)F)c2ncnc(-c3cc4ccccc4s3)c12. The summed E-state index contributed by atoms with van der Waals surface area (Å²) >= 11 is 1.35. The Kier molecular flexibility index (Phi) is 3.64. The summed E-state index contributed by atoms with van der Waals surface area (Å²) in [6, 6.07) is 14.9. The minimum absolute atomic E-state index is 0.0977. The third kappa shape index (κ3) is 2.46. The van der Waals surface area contributed by atoms with Crippen molar-refractivity contribution in [3.8, 4) is 10.6 Å². The molecule has 5 aromatic rings. The molecule has 2 aromatic heterocycles. The van der Waals surface area contributed by atoms with Gasteiger partial charge in [0.2, 0.25) is 0 Å². The molecule has 2 nitrogen and oxygen atoms in total. The fourth-order valence-corrected chi connectivity index (χ4v) is 4.58. The molecule has 138 valence electrons. The van der Waals surface area contributed by atoms with E-state index in [0.717, 1.165) is 16.4 Å². The fourth-order valence-electron chi connectivity index (χ4n) is 3.51. The number of hydrogen-bond acceptors (Lipinski definition) is 3. The summed E-state index contributed by atoms with van der Waals surface area (Å²) in [5, 5.41) is 0.409. The molecule has 0 bridgehead atoms. The van der Waals surface area contributed by atoms with Crippen LogP contribution in [0.2, 0.25) is 0 Å². The van der Waals surface area contributed by atoms with E-state index in [4.69, 9.17) is 0 Å². The number of fused-ring (bicyclic) bond motifs is 3. The van der Waals surface area contributed by atoms with Gasteiger partial charge in [-0.15, -0.1) is 11.3 Å². The van der Waals surface area contributed by atoms with Gasteiger partial charge >= 0.3 is 6.18 Å². The van der Waals surface area contributed by atoms with Crippen molar-refractivity contribution in [2.75, 3.05) is 0 Å². The Morgan fingerprint density at radius 2 is 1.57 bits per heavy atom. The Labute approximate surface area is 160 Å². The first-order valence-corrected chi connectivity index (χ1v) is 9.18. The van der Waals surface area contributed by atoms with Crippen molar-refractivity contribution in [1.82, 2.24) is 9.97 Å². The van der Waals surface area contributed by atoms with E-state index < -0.39 is 23.1 Å². The van der Waals surface area contributed by atoms with Crippen molar-refractivity contribution in [3.63, 3.8) is 0 Å². The van der Waals surface area contributed by atoms with Gasteiger partial charge in [-0.2, -0.15) is 13.2 Å². The molecule has 0 radical (unpaired) electrons. The van der Waals surface area contributed by atoms with Crippen LogP contribution in [-0.2, 0) is 6.18 Å². The van der Waals surface area contributed by atoms with Crippen LogP contribution in [0.1, 0.15) is 5.56 Å². The van der Waals surface area contributed by atoms with Gasteiger partial charge in [0.25, 0.3) is 0 Å². The van der Waals surface area contributed by atoms with Gasteiger partial charge < -0.3 is 0 Å². The van der Waals surface area contributed by atoms with Crippen molar-refractivity contribution in [3.05, 3.63) is 72.3 Å². The van der Waals surface area contributed by atoms with Gasteiger partial charge in [-0.1, -0.05) is 42.5 Å². The zero-order valence-electron chi connectivity index (χ0n) is 14.1. The number of halogens is 4. The Bertz CT molecular complexity index is 1340. The second-order valence-corrected chi connectivity index (χ2v) is 7.41. The van der Waals surface area contributed by atoms with E-state index >= 15 is 4.39 Å². The highest BCUT2D eigenvalue weighted by atomic mass is 32.1. The molecule has 3 aromatic carbocycles. The number of nitrogens with zero attached hydrogens (tertiary/aromatic N) is 2. The van der Waals surface area contributed by atoms with Crippen molar-refractivity contribution >= 4 is 43.1 Å². The standard InChI is InChI=1S/C21H10F4N2S/c22-18-13-7-3-2-6-12(13)17(21(23,24)25)20-16(18)19(26-10-27-20)15-9-11-5-1-4-8-14(11)28-15/h1-10H. The zero-order valence-corrected chi connectivity index (χ0v) is 14.9. The molecule has 0 atom stereocenters. The number of rotatable bonds is 1. The first-order valence-electron chi connectivity index (χ1n) is 8.36. The lowest BCUT2D eigenvalue weighted by Crippen LogP contribution is -2.09. The molecule has 2 heterocycles. The van der Waals surface area contributed by atoms with E-state index in [-0.39, 0.29) is 21.9 Å². The molecule has 5 rings (SSSR count). The van der Waals surface area contributed by atoms with Crippen molar-refractivity contribution < 1.29 is 17.6 Å². The van der Waals surface area contributed by atoms with Crippen LogP contribution in [-0.4, -0.2) is 9.97 Å². The van der Waals surface area contributed by atoms with Crippen LogP contribution in [0.15, 0.2) is 60.9 Å². The maximum atomic E-state index is 15.4. The van der Waals surface area contributed by atoms with Crippen LogP contribution >= 0.6 is 11.3 Å². The summed E-state index contributed by atoms with van der Waals surface area (Å²) in [4.78, 5) is 8.58. The Hall–Kier alpha value is -3.06. The monoisotopic (exact) mass is 398 g/mol. The number of benzene rings is 3. The van der Waals surface area contributed by atoms with Crippen LogP contribution in [0.5, 0.6) is 0 Å². The summed E-state index contributed by atoms with van der Waals surface area (Å²) in [6.07, 6.45) is -3.62. The molecule has 0 unspecified atom stereocenters. The summed E-state index contributed by atoms with van der Waals surface area (Å²) in [6.45, 7) is 0. The molecule has 0 spiro atoms. The van der Waals surface area contributed by atoms with E-state index in [0.29, 0.717) is 4.88 Å². The highest BCUT2D eigenvalue weighted by molar-refractivity contribution is 7.22. The van der Waals surface area contributed by atoms with Crippen LogP contribution < -0.4 is 0 Å². The van der Waals surface area contributed by atoms with Crippen molar-refractivity contribution in [2.24, 2.45) is 0 Å². The predicted octanol–water partition coefficient (Wildman–Crippen LogP) is 6.82. The maximum Gasteiger partial charge on any atom is 0.419 e. The molecule has 0 saturated heterocycles. The minimum atomic E-state index is -4.68. The van der Waals surface area contributed by atoms with Gasteiger partial charge in [0.15, 0.2) is 0 Å². The van der Waals surface area contributed by atoms with Crippen molar-refractivity contribution in [2.45, 2.75) is 6.18 Å². The number of hydrogen-bond donors (Lipinski definition) is 0. The minimum Gasteiger partial charge on any atom is -0.236 e. The normalized spacial score (nSPS) is 12.3. The van der Waals surface area contributed by atoms with Gasteiger partial charge in [-0.05, 0) is 22.9 Å². The predicted molar refractivity (Wildman–Crippen MR) is 103 cm³/mol.